The number of hydrogen-bond acceptors (Lipinski definition) is 6. The molecule has 2 heterocycles. The third kappa shape index (κ3) is 4.67. The predicted molar refractivity (Wildman–Crippen MR) is 133 cm³/mol. The lowest BCUT2D eigenvalue weighted by atomic mass is 10.1. The van der Waals surface area contributed by atoms with Gasteiger partial charge in [-0.15, -0.1) is 10.2 Å². The van der Waals surface area contributed by atoms with Crippen LogP contribution in [0.4, 0.5) is 10.5 Å². The first-order chi connectivity index (χ1) is 16.4. The van der Waals surface area contributed by atoms with E-state index in [-0.39, 0.29) is 11.3 Å². The van der Waals surface area contributed by atoms with Crippen molar-refractivity contribution in [3.8, 4) is 0 Å². The quantitative estimate of drug-likeness (QED) is 0.390. The van der Waals surface area contributed by atoms with Crippen LogP contribution in [0.2, 0.25) is 0 Å². The van der Waals surface area contributed by atoms with Gasteiger partial charge in [0, 0.05) is 12.2 Å². The highest BCUT2D eigenvalue weighted by Gasteiger charge is 2.18. The summed E-state index contributed by atoms with van der Waals surface area (Å²) in [5.74, 6) is -0.0652. The number of anilines is 1. The minimum atomic E-state index is -0.593. The smallest absolute Gasteiger partial charge is 0.307 e. The fourth-order valence-electron chi connectivity index (χ4n) is 3.68. The molecule has 0 fully saturated rings. The number of aryl methyl sites for hydroxylation is 2. The van der Waals surface area contributed by atoms with Crippen molar-refractivity contribution in [2.75, 3.05) is 11.1 Å². The van der Waals surface area contributed by atoms with Crippen molar-refractivity contribution in [3.63, 3.8) is 0 Å². The number of unbranched alkanes of at least 4 members (excludes halogenated alkanes) is 1. The summed E-state index contributed by atoms with van der Waals surface area (Å²) in [6.07, 6.45) is 1.77. The normalized spacial score (nSPS) is 11.1. The summed E-state index contributed by atoms with van der Waals surface area (Å²) in [6, 6.07) is 12.3. The van der Waals surface area contributed by atoms with Crippen molar-refractivity contribution in [2.24, 2.45) is 0 Å². The maximum atomic E-state index is 13.0. The fourth-order valence-corrected chi connectivity index (χ4v) is 4.42. The monoisotopic (exact) mass is 478 g/mol. The second-order valence-corrected chi connectivity index (χ2v) is 8.93. The van der Waals surface area contributed by atoms with Crippen molar-refractivity contribution in [1.29, 1.82) is 0 Å². The zero-order valence-corrected chi connectivity index (χ0v) is 20.1. The van der Waals surface area contributed by atoms with Crippen molar-refractivity contribution in [1.82, 2.24) is 24.5 Å². The SMILES string of the molecule is CCCCn1c(=O)c2ccccc2n2c(SCC(=O)NC(=O)Nc3cccc(C)c3C)nnc12. The Kier molecular flexibility index (Phi) is 6.97. The number of aromatic nitrogens is 4. The van der Waals surface area contributed by atoms with Crippen LogP contribution in [0, 0.1) is 13.8 Å². The molecule has 4 aromatic rings. The van der Waals surface area contributed by atoms with Crippen molar-refractivity contribution in [3.05, 3.63) is 63.9 Å². The number of carbonyl (C=O) groups excluding carboxylic acids is 2. The van der Waals surface area contributed by atoms with Crippen LogP contribution in [0.3, 0.4) is 0 Å². The second kappa shape index (κ2) is 10.1. The first-order valence-electron chi connectivity index (χ1n) is 11.1. The molecule has 0 atom stereocenters. The molecule has 4 rings (SSSR count). The molecule has 2 aromatic carbocycles. The molecule has 0 aliphatic rings. The van der Waals surface area contributed by atoms with Crippen LogP contribution in [0.5, 0.6) is 0 Å². The van der Waals surface area contributed by atoms with Crippen LogP contribution < -0.4 is 16.2 Å². The first kappa shape index (κ1) is 23.5. The minimum Gasteiger partial charge on any atom is -0.307 e. The number of amides is 3. The fraction of sp³-hybridized carbons (Fsp3) is 0.292. The summed E-state index contributed by atoms with van der Waals surface area (Å²) in [5, 5.41) is 14.6. The summed E-state index contributed by atoms with van der Waals surface area (Å²) in [7, 11) is 0. The topological polar surface area (TPSA) is 110 Å². The van der Waals surface area contributed by atoms with Gasteiger partial charge < -0.3 is 5.32 Å². The van der Waals surface area contributed by atoms with Gasteiger partial charge in [-0.3, -0.25) is 23.9 Å². The van der Waals surface area contributed by atoms with Gasteiger partial charge >= 0.3 is 6.03 Å². The minimum absolute atomic E-state index is 0.0383. The van der Waals surface area contributed by atoms with Gasteiger partial charge in [-0.2, -0.15) is 0 Å². The van der Waals surface area contributed by atoms with Crippen LogP contribution in [0.25, 0.3) is 16.7 Å². The molecule has 0 spiro atoms. The van der Waals surface area contributed by atoms with E-state index in [2.05, 4.69) is 27.8 Å². The number of nitrogens with one attached hydrogen (secondary N) is 2. The Labute approximate surface area is 200 Å². The van der Waals surface area contributed by atoms with E-state index in [1.807, 2.05) is 44.2 Å². The zero-order chi connectivity index (χ0) is 24.2. The Morgan fingerprint density at radius 3 is 2.65 bits per heavy atom. The molecule has 0 aliphatic carbocycles. The predicted octanol–water partition coefficient (Wildman–Crippen LogP) is 3.90. The van der Waals surface area contributed by atoms with Crippen LogP contribution in [-0.4, -0.2) is 36.9 Å². The standard InChI is InChI=1S/C24H26N6O3S/c1-4-5-13-29-21(32)17-10-6-7-12-19(17)30-23(29)27-28-24(30)34-14-20(31)26-22(33)25-18-11-8-9-15(2)16(18)3/h6-12H,4-5,13-14H2,1-3H3,(H2,25,26,31,33). The van der Waals surface area contributed by atoms with Gasteiger partial charge in [-0.1, -0.05) is 49.4 Å². The molecule has 10 heteroatoms. The summed E-state index contributed by atoms with van der Waals surface area (Å²) in [5.41, 5.74) is 3.20. The number of para-hydroxylation sites is 1. The molecular weight excluding hydrogens is 452 g/mol. The molecule has 0 aliphatic heterocycles. The van der Waals surface area contributed by atoms with Crippen LogP contribution in [-0.2, 0) is 11.3 Å². The number of hydrogen-bond donors (Lipinski definition) is 2. The average Bonchev–Trinajstić information content (AvgIpc) is 3.24. The van der Waals surface area contributed by atoms with Crippen LogP contribution in [0.1, 0.15) is 30.9 Å². The average molecular weight is 479 g/mol. The van der Waals surface area contributed by atoms with E-state index < -0.39 is 11.9 Å². The van der Waals surface area contributed by atoms with Crippen LogP contribution in [0.15, 0.2) is 52.4 Å². The number of rotatable bonds is 7. The van der Waals surface area contributed by atoms with Crippen molar-refractivity contribution in [2.45, 2.75) is 45.3 Å². The third-order valence-corrected chi connectivity index (χ3v) is 6.58. The summed E-state index contributed by atoms with van der Waals surface area (Å²) >= 11 is 1.15. The van der Waals surface area contributed by atoms with Gasteiger partial charge in [0.1, 0.15) is 0 Å². The van der Waals surface area contributed by atoms with Gasteiger partial charge in [0.25, 0.3) is 5.56 Å². The number of imide groups is 1. The molecule has 0 saturated carbocycles. The molecule has 3 amide bonds. The first-order valence-corrected chi connectivity index (χ1v) is 12.1. The number of carbonyl (C=O) groups is 2. The Balaban J connectivity index is 1.53. The van der Waals surface area contributed by atoms with Gasteiger partial charge in [0.15, 0.2) is 5.16 Å². The van der Waals surface area contributed by atoms with E-state index in [0.717, 1.165) is 35.7 Å². The maximum Gasteiger partial charge on any atom is 0.325 e. The molecular formula is C24H26N6O3S. The van der Waals surface area contributed by atoms with E-state index in [1.165, 1.54) is 0 Å². The van der Waals surface area contributed by atoms with Gasteiger partial charge in [-0.25, -0.2) is 4.79 Å². The molecule has 0 radical (unpaired) electrons. The highest BCUT2D eigenvalue weighted by atomic mass is 32.2. The largest absolute Gasteiger partial charge is 0.325 e. The van der Waals surface area contributed by atoms with Gasteiger partial charge in [0.05, 0.1) is 16.7 Å². The highest BCUT2D eigenvalue weighted by molar-refractivity contribution is 7.99. The van der Waals surface area contributed by atoms with E-state index in [9.17, 15) is 14.4 Å². The molecule has 34 heavy (non-hydrogen) atoms. The molecule has 0 saturated heterocycles. The number of benzene rings is 2. The number of fused-ring (bicyclic) bond motifs is 3. The molecule has 2 N–H and O–H groups in total. The Morgan fingerprint density at radius 1 is 1.06 bits per heavy atom. The Hall–Kier alpha value is -3.66. The zero-order valence-electron chi connectivity index (χ0n) is 19.3. The summed E-state index contributed by atoms with van der Waals surface area (Å²) in [6.45, 7) is 6.45. The molecule has 2 aromatic heterocycles. The van der Waals surface area contributed by atoms with E-state index in [0.29, 0.717) is 34.1 Å². The number of nitrogens with zero attached hydrogens (tertiary/aromatic N) is 4. The van der Waals surface area contributed by atoms with E-state index in [4.69, 9.17) is 0 Å². The number of thioether (sulfide) groups is 1. The number of urea groups is 1. The lowest BCUT2D eigenvalue weighted by Gasteiger charge is -2.11. The molecule has 9 nitrogen and oxygen atoms in total. The van der Waals surface area contributed by atoms with Gasteiger partial charge in [-0.05, 0) is 49.6 Å². The van der Waals surface area contributed by atoms with Gasteiger partial charge in [0.2, 0.25) is 11.7 Å². The third-order valence-electron chi connectivity index (χ3n) is 5.65. The molecule has 0 bridgehead atoms. The van der Waals surface area contributed by atoms with Crippen molar-refractivity contribution >= 4 is 46.1 Å². The lowest BCUT2D eigenvalue weighted by molar-refractivity contribution is -0.117. The Bertz CT molecular complexity index is 1440. The second-order valence-electron chi connectivity index (χ2n) is 7.98. The molecule has 176 valence electrons. The summed E-state index contributed by atoms with van der Waals surface area (Å²) in [4.78, 5) is 37.7. The lowest BCUT2D eigenvalue weighted by Crippen LogP contribution is -2.35. The Morgan fingerprint density at radius 2 is 1.85 bits per heavy atom. The van der Waals surface area contributed by atoms with Crippen LogP contribution >= 0.6 is 11.8 Å². The maximum absolute atomic E-state index is 13.0. The summed E-state index contributed by atoms with van der Waals surface area (Å²) < 4.78 is 3.42. The highest BCUT2D eigenvalue weighted by Crippen LogP contribution is 2.22. The van der Waals surface area contributed by atoms with Crippen molar-refractivity contribution < 1.29 is 9.59 Å². The molecule has 0 unspecified atom stereocenters. The van der Waals surface area contributed by atoms with E-state index in [1.54, 1.807) is 21.1 Å². The van der Waals surface area contributed by atoms with E-state index >= 15 is 0 Å².